The number of carbonyl (C=O) groups excluding carboxylic acids is 1. The standard InChI is InChI=1S/C12H24O3/c1-5-7-8-9-12(3,10-14-4)11(13)15-6-2/h5-10H2,1-4H3. The molecule has 3 nitrogen and oxygen atoms in total. The van der Waals surface area contributed by atoms with Crippen LogP contribution in [-0.4, -0.2) is 26.3 Å². The van der Waals surface area contributed by atoms with Gasteiger partial charge in [-0.2, -0.15) is 0 Å². The number of esters is 1. The van der Waals surface area contributed by atoms with Gasteiger partial charge in [0, 0.05) is 7.11 Å². The Morgan fingerprint density at radius 2 is 1.93 bits per heavy atom. The van der Waals surface area contributed by atoms with Crippen molar-refractivity contribution in [3.63, 3.8) is 0 Å². The van der Waals surface area contributed by atoms with Gasteiger partial charge >= 0.3 is 5.97 Å². The summed E-state index contributed by atoms with van der Waals surface area (Å²) in [6.07, 6.45) is 4.20. The molecule has 0 saturated heterocycles. The highest BCUT2D eigenvalue weighted by atomic mass is 16.5. The number of hydrogen-bond donors (Lipinski definition) is 0. The highest BCUT2D eigenvalue weighted by Crippen LogP contribution is 2.26. The summed E-state index contributed by atoms with van der Waals surface area (Å²) in [4.78, 5) is 11.7. The van der Waals surface area contributed by atoms with Gasteiger partial charge in [0.05, 0.1) is 18.6 Å². The van der Waals surface area contributed by atoms with E-state index in [0.717, 1.165) is 25.7 Å². The van der Waals surface area contributed by atoms with Crippen LogP contribution in [0.3, 0.4) is 0 Å². The van der Waals surface area contributed by atoms with Crippen molar-refractivity contribution in [1.82, 2.24) is 0 Å². The summed E-state index contributed by atoms with van der Waals surface area (Å²) in [6.45, 7) is 6.78. The van der Waals surface area contributed by atoms with Gasteiger partial charge in [0.2, 0.25) is 0 Å². The van der Waals surface area contributed by atoms with Crippen molar-refractivity contribution in [2.75, 3.05) is 20.3 Å². The third kappa shape index (κ3) is 5.17. The summed E-state index contributed by atoms with van der Waals surface area (Å²) in [6, 6.07) is 0. The maximum Gasteiger partial charge on any atom is 0.314 e. The molecule has 15 heavy (non-hydrogen) atoms. The zero-order valence-electron chi connectivity index (χ0n) is 10.5. The van der Waals surface area contributed by atoms with Crippen molar-refractivity contribution in [2.24, 2.45) is 5.41 Å². The largest absolute Gasteiger partial charge is 0.466 e. The molecule has 1 unspecified atom stereocenters. The van der Waals surface area contributed by atoms with Crippen LogP contribution < -0.4 is 0 Å². The molecule has 90 valence electrons. The van der Waals surface area contributed by atoms with E-state index in [1.807, 2.05) is 13.8 Å². The second kappa shape index (κ2) is 7.69. The third-order valence-corrected chi connectivity index (χ3v) is 2.56. The van der Waals surface area contributed by atoms with E-state index in [2.05, 4.69) is 6.92 Å². The second-order valence-corrected chi connectivity index (χ2v) is 4.17. The maximum atomic E-state index is 11.7. The van der Waals surface area contributed by atoms with Crippen LogP contribution in [0.5, 0.6) is 0 Å². The third-order valence-electron chi connectivity index (χ3n) is 2.56. The van der Waals surface area contributed by atoms with E-state index >= 15 is 0 Å². The lowest BCUT2D eigenvalue weighted by Crippen LogP contribution is -2.34. The molecule has 0 aliphatic heterocycles. The summed E-state index contributed by atoms with van der Waals surface area (Å²) in [5, 5.41) is 0. The van der Waals surface area contributed by atoms with Gasteiger partial charge in [-0.3, -0.25) is 4.79 Å². The zero-order chi connectivity index (χ0) is 11.7. The molecule has 0 rings (SSSR count). The summed E-state index contributed by atoms with van der Waals surface area (Å²) in [7, 11) is 1.62. The molecular weight excluding hydrogens is 192 g/mol. The van der Waals surface area contributed by atoms with E-state index in [4.69, 9.17) is 9.47 Å². The molecule has 1 atom stereocenters. The van der Waals surface area contributed by atoms with Crippen molar-refractivity contribution >= 4 is 5.97 Å². The van der Waals surface area contributed by atoms with Crippen LogP contribution >= 0.6 is 0 Å². The first-order valence-electron chi connectivity index (χ1n) is 5.77. The molecule has 0 spiro atoms. The fourth-order valence-corrected chi connectivity index (χ4v) is 1.62. The van der Waals surface area contributed by atoms with Crippen LogP contribution in [0.15, 0.2) is 0 Å². The number of unbranched alkanes of at least 4 members (excludes halogenated alkanes) is 2. The monoisotopic (exact) mass is 216 g/mol. The first-order valence-corrected chi connectivity index (χ1v) is 5.77. The normalized spacial score (nSPS) is 14.7. The minimum Gasteiger partial charge on any atom is -0.466 e. The van der Waals surface area contributed by atoms with E-state index < -0.39 is 5.41 Å². The van der Waals surface area contributed by atoms with Crippen molar-refractivity contribution in [2.45, 2.75) is 46.5 Å². The molecule has 0 bridgehead atoms. The number of hydrogen-bond acceptors (Lipinski definition) is 3. The van der Waals surface area contributed by atoms with E-state index in [9.17, 15) is 4.79 Å². The average molecular weight is 216 g/mol. The first kappa shape index (κ1) is 14.4. The Balaban J connectivity index is 4.22. The first-order chi connectivity index (χ1) is 7.10. The quantitative estimate of drug-likeness (QED) is 0.462. The van der Waals surface area contributed by atoms with E-state index in [0.29, 0.717) is 13.2 Å². The Hall–Kier alpha value is -0.570. The van der Waals surface area contributed by atoms with Crippen molar-refractivity contribution in [1.29, 1.82) is 0 Å². The Morgan fingerprint density at radius 1 is 1.27 bits per heavy atom. The fraction of sp³-hybridized carbons (Fsp3) is 0.917. The molecule has 0 radical (unpaired) electrons. The number of rotatable bonds is 8. The van der Waals surface area contributed by atoms with Crippen molar-refractivity contribution in [3.05, 3.63) is 0 Å². The van der Waals surface area contributed by atoms with Gasteiger partial charge in [-0.05, 0) is 20.3 Å². The average Bonchev–Trinajstić information content (AvgIpc) is 2.19. The highest BCUT2D eigenvalue weighted by Gasteiger charge is 2.34. The fourth-order valence-electron chi connectivity index (χ4n) is 1.62. The van der Waals surface area contributed by atoms with Gasteiger partial charge in [0.25, 0.3) is 0 Å². The summed E-state index contributed by atoms with van der Waals surface area (Å²) >= 11 is 0. The highest BCUT2D eigenvalue weighted by molar-refractivity contribution is 5.76. The van der Waals surface area contributed by atoms with E-state index in [1.165, 1.54) is 0 Å². The van der Waals surface area contributed by atoms with Crippen LogP contribution in [0.2, 0.25) is 0 Å². The lowest BCUT2D eigenvalue weighted by Gasteiger charge is -2.26. The Bertz CT molecular complexity index is 180. The summed E-state index contributed by atoms with van der Waals surface area (Å²) in [5.41, 5.74) is -0.472. The summed E-state index contributed by atoms with van der Waals surface area (Å²) in [5.74, 6) is -0.136. The Morgan fingerprint density at radius 3 is 2.40 bits per heavy atom. The molecule has 0 amide bonds. The van der Waals surface area contributed by atoms with E-state index in [-0.39, 0.29) is 5.97 Å². The molecule has 0 aromatic rings. The maximum absolute atomic E-state index is 11.7. The van der Waals surface area contributed by atoms with Crippen LogP contribution in [0.1, 0.15) is 46.5 Å². The number of carbonyl (C=O) groups is 1. The lowest BCUT2D eigenvalue weighted by atomic mass is 9.85. The van der Waals surface area contributed by atoms with Gasteiger partial charge in [0.1, 0.15) is 0 Å². The van der Waals surface area contributed by atoms with E-state index in [1.54, 1.807) is 7.11 Å². The van der Waals surface area contributed by atoms with Crippen LogP contribution in [-0.2, 0) is 14.3 Å². The predicted octanol–water partition coefficient (Wildman–Crippen LogP) is 2.78. The van der Waals surface area contributed by atoms with Gasteiger partial charge in [-0.1, -0.05) is 26.2 Å². The van der Waals surface area contributed by atoms with Gasteiger partial charge in [0.15, 0.2) is 0 Å². The van der Waals surface area contributed by atoms with Gasteiger partial charge < -0.3 is 9.47 Å². The van der Waals surface area contributed by atoms with Crippen molar-refractivity contribution in [3.8, 4) is 0 Å². The SMILES string of the molecule is CCCCCC(C)(COC)C(=O)OCC. The van der Waals surface area contributed by atoms with Crippen molar-refractivity contribution < 1.29 is 14.3 Å². The van der Waals surface area contributed by atoms with Gasteiger partial charge in [-0.25, -0.2) is 0 Å². The summed E-state index contributed by atoms with van der Waals surface area (Å²) < 4.78 is 10.2. The molecule has 0 fully saturated rings. The predicted molar refractivity (Wildman–Crippen MR) is 60.8 cm³/mol. The minimum absolute atomic E-state index is 0.136. The lowest BCUT2D eigenvalue weighted by molar-refractivity contribution is -0.158. The molecule has 0 aliphatic rings. The molecule has 0 heterocycles. The molecule has 0 aromatic heterocycles. The smallest absolute Gasteiger partial charge is 0.314 e. The molecule has 0 saturated carbocycles. The van der Waals surface area contributed by atoms with Crippen LogP contribution in [0.25, 0.3) is 0 Å². The second-order valence-electron chi connectivity index (χ2n) is 4.17. The van der Waals surface area contributed by atoms with Crippen LogP contribution in [0, 0.1) is 5.41 Å². The molecular formula is C12H24O3. The minimum atomic E-state index is -0.472. The molecule has 3 heteroatoms. The Labute approximate surface area is 93.1 Å². The van der Waals surface area contributed by atoms with Crippen LogP contribution in [0.4, 0.5) is 0 Å². The number of ether oxygens (including phenoxy) is 2. The molecule has 0 N–H and O–H groups in total. The Kier molecular flexibility index (Phi) is 7.39. The zero-order valence-corrected chi connectivity index (χ0v) is 10.5. The van der Waals surface area contributed by atoms with Gasteiger partial charge in [-0.15, -0.1) is 0 Å². The topological polar surface area (TPSA) is 35.5 Å². The number of methoxy groups -OCH3 is 1. The molecule has 0 aromatic carbocycles. The molecule has 0 aliphatic carbocycles.